The molecule has 0 saturated carbocycles. The number of H-pyrrole nitrogens is 1. The van der Waals surface area contributed by atoms with Gasteiger partial charge in [0.1, 0.15) is 10.7 Å². The van der Waals surface area contributed by atoms with Gasteiger partial charge in [0.2, 0.25) is 0 Å². The molecule has 0 aliphatic heterocycles. The van der Waals surface area contributed by atoms with Gasteiger partial charge in [-0.25, -0.2) is 4.98 Å². The van der Waals surface area contributed by atoms with Crippen molar-refractivity contribution in [1.29, 1.82) is 5.41 Å². The van der Waals surface area contributed by atoms with Gasteiger partial charge in [-0.15, -0.1) is 11.3 Å². The van der Waals surface area contributed by atoms with Crippen LogP contribution in [0.5, 0.6) is 0 Å². The molecular weight excluding hydrogens is 314 g/mol. The molecule has 0 aliphatic rings. The number of amides is 1. The number of hydrogen-bond donors (Lipinski definition) is 4. The zero-order valence-electron chi connectivity index (χ0n) is 11.9. The summed E-state index contributed by atoms with van der Waals surface area (Å²) < 4.78 is 0. The summed E-state index contributed by atoms with van der Waals surface area (Å²) in [6.07, 6.45) is 1.32. The van der Waals surface area contributed by atoms with Gasteiger partial charge in [-0.3, -0.25) is 15.0 Å². The highest BCUT2D eigenvalue weighted by atomic mass is 32.1. The van der Waals surface area contributed by atoms with E-state index in [0.717, 1.165) is 5.56 Å². The van der Waals surface area contributed by atoms with Crippen LogP contribution in [0.1, 0.15) is 21.5 Å². The summed E-state index contributed by atoms with van der Waals surface area (Å²) in [5, 5.41) is 12.0. The third-order valence-electron chi connectivity index (χ3n) is 3.34. The van der Waals surface area contributed by atoms with Crippen LogP contribution in [0, 0.1) is 5.41 Å². The first-order valence-electron chi connectivity index (χ1n) is 6.72. The van der Waals surface area contributed by atoms with Crippen molar-refractivity contribution in [2.24, 2.45) is 5.73 Å². The summed E-state index contributed by atoms with van der Waals surface area (Å²) in [4.78, 5) is 31.2. The van der Waals surface area contributed by atoms with E-state index in [1.165, 1.54) is 17.7 Å². The zero-order valence-corrected chi connectivity index (χ0v) is 12.7. The van der Waals surface area contributed by atoms with Crippen LogP contribution in [0.4, 0.5) is 0 Å². The lowest BCUT2D eigenvalue weighted by Gasteiger charge is -2.05. The Labute approximate surface area is 134 Å². The minimum atomic E-state index is -0.328. The van der Waals surface area contributed by atoms with Gasteiger partial charge in [-0.2, -0.15) is 0 Å². The van der Waals surface area contributed by atoms with Crippen LogP contribution in [-0.2, 0) is 6.54 Å². The maximum atomic E-state index is 12.3. The van der Waals surface area contributed by atoms with Crippen molar-refractivity contribution in [3.05, 3.63) is 63.0 Å². The SMILES string of the molecule is N=C(N)c1ccc(CNC(=O)c2csc3nc[nH]c(=O)c23)cc1. The average molecular weight is 327 g/mol. The van der Waals surface area contributed by atoms with E-state index in [0.29, 0.717) is 27.9 Å². The van der Waals surface area contributed by atoms with E-state index in [1.807, 2.05) is 0 Å². The molecule has 7 nitrogen and oxygen atoms in total. The van der Waals surface area contributed by atoms with Gasteiger partial charge < -0.3 is 16.0 Å². The Kier molecular flexibility index (Phi) is 3.90. The minimum absolute atomic E-state index is 0.00273. The fourth-order valence-corrected chi connectivity index (χ4v) is 3.02. The van der Waals surface area contributed by atoms with Gasteiger partial charge in [-0.05, 0) is 5.56 Å². The second-order valence-electron chi connectivity index (χ2n) is 4.85. The van der Waals surface area contributed by atoms with Crippen molar-refractivity contribution in [3.63, 3.8) is 0 Å². The highest BCUT2D eigenvalue weighted by Crippen LogP contribution is 2.20. The van der Waals surface area contributed by atoms with E-state index in [4.69, 9.17) is 11.1 Å². The highest BCUT2D eigenvalue weighted by Gasteiger charge is 2.15. The normalized spacial score (nSPS) is 10.6. The molecule has 3 aromatic rings. The Hall–Kier alpha value is -3.00. The lowest BCUT2D eigenvalue weighted by atomic mass is 10.1. The number of hydrogen-bond acceptors (Lipinski definition) is 5. The van der Waals surface area contributed by atoms with Crippen LogP contribution < -0.4 is 16.6 Å². The van der Waals surface area contributed by atoms with Crippen LogP contribution in [-0.4, -0.2) is 21.7 Å². The molecule has 0 saturated heterocycles. The van der Waals surface area contributed by atoms with Crippen LogP contribution in [0.15, 0.2) is 40.8 Å². The summed E-state index contributed by atoms with van der Waals surface area (Å²) in [6.45, 7) is 0.312. The summed E-state index contributed by atoms with van der Waals surface area (Å²) in [5.41, 5.74) is 6.88. The van der Waals surface area contributed by atoms with Crippen LogP contribution >= 0.6 is 11.3 Å². The number of thiophene rings is 1. The number of nitrogens with zero attached hydrogens (tertiary/aromatic N) is 1. The molecule has 0 aliphatic carbocycles. The van der Waals surface area contributed by atoms with Crippen LogP contribution in [0.2, 0.25) is 0 Å². The van der Waals surface area contributed by atoms with Gasteiger partial charge in [0.05, 0.1) is 17.3 Å². The quantitative estimate of drug-likeness (QED) is 0.424. The Morgan fingerprint density at radius 1 is 1.35 bits per heavy atom. The van der Waals surface area contributed by atoms with Crippen molar-refractivity contribution in [3.8, 4) is 0 Å². The van der Waals surface area contributed by atoms with E-state index in [2.05, 4.69) is 15.3 Å². The summed E-state index contributed by atoms with van der Waals surface area (Å²) in [5.74, 6) is -0.331. The first kappa shape index (κ1) is 14.9. The van der Waals surface area contributed by atoms with Crippen LogP contribution in [0.3, 0.4) is 0 Å². The summed E-state index contributed by atoms with van der Waals surface area (Å²) in [6, 6.07) is 7.02. The molecule has 116 valence electrons. The number of nitrogen functional groups attached to an aromatic ring is 1. The first-order chi connectivity index (χ1) is 11.1. The number of amidine groups is 1. The fraction of sp³-hybridized carbons (Fsp3) is 0.0667. The van der Waals surface area contributed by atoms with Crippen molar-refractivity contribution < 1.29 is 4.79 Å². The summed E-state index contributed by atoms with van der Waals surface area (Å²) in [7, 11) is 0. The predicted molar refractivity (Wildman–Crippen MR) is 88.9 cm³/mol. The number of carbonyl (C=O) groups is 1. The van der Waals surface area contributed by atoms with Gasteiger partial charge in [0.25, 0.3) is 11.5 Å². The van der Waals surface area contributed by atoms with E-state index in [1.54, 1.807) is 29.6 Å². The number of carbonyl (C=O) groups excluding carboxylic acids is 1. The average Bonchev–Trinajstić information content (AvgIpc) is 2.98. The third kappa shape index (κ3) is 2.97. The Morgan fingerprint density at radius 3 is 2.78 bits per heavy atom. The number of aromatic amines is 1. The van der Waals surface area contributed by atoms with Crippen molar-refractivity contribution in [2.75, 3.05) is 0 Å². The van der Waals surface area contributed by atoms with Gasteiger partial charge >= 0.3 is 0 Å². The van der Waals surface area contributed by atoms with E-state index in [9.17, 15) is 9.59 Å². The molecular formula is C15H13N5O2S. The molecule has 0 unspecified atom stereocenters. The molecule has 0 atom stereocenters. The largest absolute Gasteiger partial charge is 0.384 e. The van der Waals surface area contributed by atoms with Crippen LogP contribution in [0.25, 0.3) is 10.2 Å². The standard InChI is InChI=1S/C15H13N5O2S/c16-12(17)9-3-1-8(2-4-9)5-18-13(21)10-6-23-15-11(10)14(22)19-7-20-15/h1-4,6-7H,5H2,(H3,16,17)(H,18,21)(H,19,20,22). The lowest BCUT2D eigenvalue weighted by Crippen LogP contribution is -2.24. The molecule has 1 amide bonds. The third-order valence-corrected chi connectivity index (χ3v) is 4.23. The van der Waals surface area contributed by atoms with Gasteiger partial charge in [0.15, 0.2) is 0 Å². The molecule has 1 aromatic carbocycles. The fourth-order valence-electron chi connectivity index (χ4n) is 2.13. The van der Waals surface area contributed by atoms with Crippen molar-refractivity contribution in [1.82, 2.24) is 15.3 Å². The van der Waals surface area contributed by atoms with E-state index in [-0.39, 0.29) is 17.3 Å². The number of nitrogens with one attached hydrogen (secondary N) is 3. The molecule has 5 N–H and O–H groups in total. The van der Waals surface area contributed by atoms with Crippen molar-refractivity contribution >= 4 is 33.3 Å². The second kappa shape index (κ2) is 6.01. The Bertz CT molecular complexity index is 942. The first-order valence-corrected chi connectivity index (χ1v) is 7.60. The second-order valence-corrected chi connectivity index (χ2v) is 5.71. The molecule has 3 rings (SSSR count). The molecule has 0 spiro atoms. The molecule has 2 heterocycles. The number of nitrogens with two attached hydrogens (primary N) is 1. The minimum Gasteiger partial charge on any atom is -0.384 e. The number of fused-ring (bicyclic) bond motifs is 1. The molecule has 8 heteroatoms. The molecule has 23 heavy (non-hydrogen) atoms. The maximum absolute atomic E-state index is 12.3. The molecule has 0 fully saturated rings. The number of rotatable bonds is 4. The predicted octanol–water partition coefficient (Wildman–Crippen LogP) is 1.20. The van der Waals surface area contributed by atoms with E-state index < -0.39 is 0 Å². The smallest absolute Gasteiger partial charge is 0.260 e. The number of aromatic nitrogens is 2. The lowest BCUT2D eigenvalue weighted by molar-refractivity contribution is 0.0953. The van der Waals surface area contributed by atoms with Gasteiger partial charge in [-0.1, -0.05) is 24.3 Å². The molecule has 0 radical (unpaired) electrons. The topological polar surface area (TPSA) is 125 Å². The highest BCUT2D eigenvalue weighted by molar-refractivity contribution is 7.17. The van der Waals surface area contributed by atoms with Crippen molar-refractivity contribution in [2.45, 2.75) is 6.54 Å². The summed E-state index contributed by atoms with van der Waals surface area (Å²) >= 11 is 1.25. The maximum Gasteiger partial charge on any atom is 0.260 e. The molecule has 0 bridgehead atoms. The van der Waals surface area contributed by atoms with Gasteiger partial charge in [0, 0.05) is 17.5 Å². The zero-order chi connectivity index (χ0) is 16.4. The Balaban J connectivity index is 1.76. The van der Waals surface area contributed by atoms with E-state index >= 15 is 0 Å². The molecule has 2 aromatic heterocycles. The monoisotopic (exact) mass is 327 g/mol. The number of benzene rings is 1. The Morgan fingerprint density at radius 2 is 2.09 bits per heavy atom.